The van der Waals surface area contributed by atoms with Gasteiger partial charge in [-0.25, -0.2) is 0 Å². The van der Waals surface area contributed by atoms with E-state index in [-0.39, 0.29) is 31.1 Å². The molecule has 424 valence electrons. The number of hydrogen-bond donors (Lipinski definition) is 0. The van der Waals surface area contributed by atoms with E-state index in [4.69, 9.17) is 14.2 Å². The molecule has 0 aliphatic heterocycles. The molecule has 0 aliphatic carbocycles. The van der Waals surface area contributed by atoms with Gasteiger partial charge in [-0.2, -0.15) is 0 Å². The second-order valence-electron chi connectivity index (χ2n) is 20.6. The van der Waals surface area contributed by atoms with Crippen LogP contribution in [0.15, 0.2) is 97.2 Å². The fourth-order valence-electron chi connectivity index (χ4n) is 8.69. The molecule has 0 fully saturated rings. The lowest BCUT2D eigenvalue weighted by Gasteiger charge is -2.18. The summed E-state index contributed by atoms with van der Waals surface area (Å²) in [4.78, 5) is 38.2. The van der Waals surface area contributed by atoms with Crippen LogP contribution in [-0.2, 0) is 28.6 Å². The molecule has 0 radical (unpaired) electrons. The molecule has 0 aromatic rings. The number of ether oxygens (including phenoxy) is 3. The molecule has 1 atom stereocenters. The van der Waals surface area contributed by atoms with Crippen LogP contribution in [0.4, 0.5) is 0 Å². The van der Waals surface area contributed by atoms with Crippen LogP contribution in [0.5, 0.6) is 0 Å². The van der Waals surface area contributed by atoms with Gasteiger partial charge in [-0.1, -0.05) is 291 Å². The van der Waals surface area contributed by atoms with E-state index in [9.17, 15) is 14.4 Å². The summed E-state index contributed by atoms with van der Waals surface area (Å²) in [6.07, 6.45) is 82.7. The van der Waals surface area contributed by atoms with Crippen molar-refractivity contribution in [2.75, 3.05) is 13.2 Å². The Bertz CT molecular complexity index is 1460. The number of esters is 3. The van der Waals surface area contributed by atoms with Gasteiger partial charge < -0.3 is 14.2 Å². The minimum atomic E-state index is -0.793. The van der Waals surface area contributed by atoms with E-state index in [2.05, 4.69) is 118 Å². The van der Waals surface area contributed by atoms with E-state index < -0.39 is 6.10 Å². The topological polar surface area (TPSA) is 78.9 Å². The van der Waals surface area contributed by atoms with Gasteiger partial charge in [-0.15, -0.1) is 0 Å². The Labute approximate surface area is 457 Å². The van der Waals surface area contributed by atoms with Crippen molar-refractivity contribution < 1.29 is 28.6 Å². The SMILES string of the molecule is CC/C=C\C/C=C\C/C=C\C/C=C\C/C=C\C/C=C\C/C=C\C/C=C\CCCCC(=O)OCC(COC(=O)CCCCCCCCCCCCCC)OC(=O)CCCCCCCCCCCCCCCCCCC. The maximum Gasteiger partial charge on any atom is 0.306 e. The Hall–Kier alpha value is -3.67. The Kier molecular flexibility index (Phi) is 58.8. The predicted molar refractivity (Wildman–Crippen MR) is 320 cm³/mol. The van der Waals surface area contributed by atoms with Crippen LogP contribution in [-0.4, -0.2) is 37.2 Å². The van der Waals surface area contributed by atoms with Crippen LogP contribution in [0.25, 0.3) is 0 Å². The Morgan fingerprint density at radius 3 is 0.824 bits per heavy atom. The number of rotatable bonds is 56. The summed E-state index contributed by atoms with van der Waals surface area (Å²) in [6, 6.07) is 0. The van der Waals surface area contributed by atoms with Crippen molar-refractivity contribution in [1.29, 1.82) is 0 Å². The molecule has 0 saturated heterocycles. The van der Waals surface area contributed by atoms with Crippen LogP contribution >= 0.6 is 0 Å². The van der Waals surface area contributed by atoms with E-state index in [0.29, 0.717) is 19.3 Å². The Morgan fingerprint density at radius 1 is 0.284 bits per heavy atom. The zero-order valence-corrected chi connectivity index (χ0v) is 48.6. The molecule has 74 heavy (non-hydrogen) atoms. The average molecular weight is 1030 g/mol. The first-order valence-electron chi connectivity index (χ1n) is 31.2. The molecule has 0 aliphatic rings. The number of unbranched alkanes of at least 4 members (excludes halogenated alkanes) is 29. The van der Waals surface area contributed by atoms with Crippen LogP contribution in [0.1, 0.15) is 297 Å². The molecule has 0 aromatic heterocycles. The van der Waals surface area contributed by atoms with Crippen molar-refractivity contribution in [3.05, 3.63) is 97.2 Å². The van der Waals surface area contributed by atoms with Crippen molar-refractivity contribution in [1.82, 2.24) is 0 Å². The minimum Gasteiger partial charge on any atom is -0.462 e. The summed E-state index contributed by atoms with van der Waals surface area (Å²) in [6.45, 7) is 6.51. The highest BCUT2D eigenvalue weighted by Crippen LogP contribution is 2.16. The molecule has 0 N–H and O–H groups in total. The van der Waals surface area contributed by atoms with Gasteiger partial charge in [-0.3, -0.25) is 14.4 Å². The number of carbonyl (C=O) groups excluding carboxylic acids is 3. The van der Waals surface area contributed by atoms with E-state index in [1.807, 2.05) is 0 Å². The lowest BCUT2D eigenvalue weighted by Crippen LogP contribution is -2.30. The Balaban J connectivity index is 4.39. The summed E-state index contributed by atoms with van der Waals surface area (Å²) in [5, 5.41) is 0. The zero-order valence-electron chi connectivity index (χ0n) is 48.6. The highest BCUT2D eigenvalue weighted by Gasteiger charge is 2.19. The molecule has 0 amide bonds. The zero-order chi connectivity index (χ0) is 53.6. The van der Waals surface area contributed by atoms with E-state index in [1.165, 1.54) is 148 Å². The van der Waals surface area contributed by atoms with Crippen molar-refractivity contribution in [3.63, 3.8) is 0 Å². The molecule has 0 rings (SSSR count). The molecule has 0 saturated carbocycles. The van der Waals surface area contributed by atoms with Gasteiger partial charge in [0, 0.05) is 19.3 Å². The van der Waals surface area contributed by atoms with Crippen LogP contribution in [0, 0.1) is 0 Å². The van der Waals surface area contributed by atoms with Gasteiger partial charge >= 0.3 is 17.9 Å². The quantitative estimate of drug-likeness (QED) is 0.0261. The molecule has 0 bridgehead atoms. The predicted octanol–water partition coefficient (Wildman–Crippen LogP) is 21.3. The van der Waals surface area contributed by atoms with Gasteiger partial charge in [0.2, 0.25) is 0 Å². The summed E-state index contributed by atoms with van der Waals surface area (Å²) >= 11 is 0. The number of carbonyl (C=O) groups is 3. The van der Waals surface area contributed by atoms with Gasteiger partial charge in [0.1, 0.15) is 13.2 Å². The second kappa shape index (κ2) is 61.9. The molecule has 0 spiro atoms. The smallest absolute Gasteiger partial charge is 0.306 e. The van der Waals surface area contributed by atoms with Gasteiger partial charge in [0.05, 0.1) is 0 Å². The number of allylic oxidation sites excluding steroid dienone is 16. The minimum absolute atomic E-state index is 0.0875. The largest absolute Gasteiger partial charge is 0.462 e. The fourth-order valence-corrected chi connectivity index (χ4v) is 8.69. The highest BCUT2D eigenvalue weighted by molar-refractivity contribution is 5.71. The lowest BCUT2D eigenvalue weighted by atomic mass is 10.0. The van der Waals surface area contributed by atoms with Gasteiger partial charge in [0.15, 0.2) is 6.10 Å². The van der Waals surface area contributed by atoms with Crippen LogP contribution < -0.4 is 0 Å². The third-order valence-corrected chi connectivity index (χ3v) is 13.4. The average Bonchev–Trinajstić information content (AvgIpc) is 3.40. The molecule has 0 heterocycles. The standard InChI is InChI=1S/C68H116O6/c1-4-7-10-13-16-19-22-25-27-29-30-31-32-33-34-35-36-37-38-40-41-43-46-49-52-55-58-61-67(70)73-64-65(63-72-66(69)60-57-54-51-48-45-24-21-18-15-12-9-6-3)74-68(71)62-59-56-53-50-47-44-42-39-28-26-23-20-17-14-11-8-5-2/h7,10,16,19,25,27,30-31,33-34,36-37,40-41,46,49,65H,4-6,8-9,11-15,17-18,20-24,26,28-29,32,35,38-39,42-45,47-48,50-64H2,1-3H3/b10-7-,19-16-,27-25-,31-30-,34-33-,37-36-,41-40-,49-46-. The third kappa shape index (κ3) is 59.2. The Morgan fingerprint density at radius 2 is 0.527 bits per heavy atom. The normalized spacial score (nSPS) is 12.7. The summed E-state index contributed by atoms with van der Waals surface area (Å²) < 4.78 is 16.9. The number of hydrogen-bond acceptors (Lipinski definition) is 6. The molecular formula is C68H116O6. The first kappa shape index (κ1) is 70.3. The summed E-state index contributed by atoms with van der Waals surface area (Å²) in [5.74, 6) is -0.922. The van der Waals surface area contributed by atoms with Crippen molar-refractivity contribution in [2.45, 2.75) is 303 Å². The summed E-state index contributed by atoms with van der Waals surface area (Å²) in [7, 11) is 0. The maximum atomic E-state index is 12.9. The van der Waals surface area contributed by atoms with Crippen molar-refractivity contribution in [3.8, 4) is 0 Å². The molecule has 6 heteroatoms. The summed E-state index contributed by atoms with van der Waals surface area (Å²) in [5.41, 5.74) is 0. The van der Waals surface area contributed by atoms with Crippen molar-refractivity contribution >= 4 is 17.9 Å². The molecule has 1 unspecified atom stereocenters. The second-order valence-corrected chi connectivity index (χ2v) is 20.6. The molecule has 6 nitrogen and oxygen atoms in total. The van der Waals surface area contributed by atoms with Crippen LogP contribution in [0.3, 0.4) is 0 Å². The maximum absolute atomic E-state index is 12.9. The first-order chi connectivity index (χ1) is 36.5. The lowest BCUT2D eigenvalue weighted by molar-refractivity contribution is -0.167. The molecule has 0 aromatic carbocycles. The first-order valence-corrected chi connectivity index (χ1v) is 31.2. The van der Waals surface area contributed by atoms with Crippen molar-refractivity contribution in [2.24, 2.45) is 0 Å². The fraction of sp³-hybridized carbons (Fsp3) is 0.721. The van der Waals surface area contributed by atoms with Gasteiger partial charge in [0.25, 0.3) is 0 Å². The van der Waals surface area contributed by atoms with E-state index >= 15 is 0 Å². The van der Waals surface area contributed by atoms with Gasteiger partial charge in [-0.05, 0) is 83.5 Å². The third-order valence-electron chi connectivity index (χ3n) is 13.4. The van der Waals surface area contributed by atoms with E-state index in [0.717, 1.165) is 109 Å². The molecular weight excluding hydrogens is 913 g/mol. The van der Waals surface area contributed by atoms with Crippen LogP contribution in [0.2, 0.25) is 0 Å². The highest BCUT2D eigenvalue weighted by atomic mass is 16.6. The monoisotopic (exact) mass is 1030 g/mol. The van der Waals surface area contributed by atoms with E-state index in [1.54, 1.807) is 0 Å².